The van der Waals surface area contributed by atoms with Crippen LogP contribution in [0.3, 0.4) is 0 Å². The minimum atomic E-state index is -0.228. The van der Waals surface area contributed by atoms with Gasteiger partial charge in [0.1, 0.15) is 0 Å². The van der Waals surface area contributed by atoms with E-state index < -0.39 is 0 Å². The molecule has 5 nitrogen and oxygen atoms in total. The van der Waals surface area contributed by atoms with E-state index in [0.717, 1.165) is 37.6 Å². The van der Waals surface area contributed by atoms with Gasteiger partial charge in [-0.25, -0.2) is 0 Å². The van der Waals surface area contributed by atoms with Gasteiger partial charge in [0.2, 0.25) is 0 Å². The fourth-order valence-corrected chi connectivity index (χ4v) is 2.05. The number of allylic oxidation sites excluding steroid dienone is 2. The minimum absolute atomic E-state index is 0.222. The highest BCUT2D eigenvalue weighted by molar-refractivity contribution is 5.71. The van der Waals surface area contributed by atoms with E-state index in [4.69, 9.17) is 9.47 Å². The molecule has 0 aliphatic carbocycles. The average Bonchev–Trinajstić information content (AvgIpc) is 2.52. The van der Waals surface area contributed by atoms with Gasteiger partial charge in [0.25, 0.3) is 0 Å². The normalized spacial score (nSPS) is 16.8. The molecule has 0 bridgehead atoms. The first kappa shape index (κ1) is 17.5. The van der Waals surface area contributed by atoms with E-state index in [9.17, 15) is 4.79 Å². The summed E-state index contributed by atoms with van der Waals surface area (Å²) >= 11 is 0. The maximum Gasteiger partial charge on any atom is 0.319 e. The Hall–Kier alpha value is -1.59. The average molecular weight is 294 g/mol. The molecule has 0 atom stereocenters. The van der Waals surface area contributed by atoms with Crippen molar-refractivity contribution in [3.63, 3.8) is 0 Å². The molecule has 0 aromatic rings. The van der Waals surface area contributed by atoms with E-state index in [1.807, 2.05) is 19.1 Å². The number of esters is 1. The van der Waals surface area contributed by atoms with Crippen molar-refractivity contribution in [1.29, 1.82) is 0 Å². The van der Waals surface area contributed by atoms with Crippen molar-refractivity contribution in [2.24, 2.45) is 0 Å². The summed E-state index contributed by atoms with van der Waals surface area (Å²) in [6.45, 7) is 12.2. The maximum atomic E-state index is 11.3. The number of carbonyl (C=O) groups is 1. The SMILES string of the molecule is C=C/C(=C\C(=C/C)CNCC(=O)OCC)N1CCOCC1. The lowest BCUT2D eigenvalue weighted by Gasteiger charge is -2.29. The van der Waals surface area contributed by atoms with Gasteiger partial charge in [0.15, 0.2) is 0 Å². The van der Waals surface area contributed by atoms with E-state index in [1.54, 1.807) is 6.92 Å². The molecule has 118 valence electrons. The molecule has 0 saturated carbocycles. The number of nitrogens with one attached hydrogen (secondary N) is 1. The topological polar surface area (TPSA) is 50.8 Å². The molecule has 1 aliphatic rings. The molecule has 0 radical (unpaired) electrons. The van der Waals surface area contributed by atoms with Crippen LogP contribution in [0.15, 0.2) is 36.1 Å². The maximum absolute atomic E-state index is 11.3. The Bertz CT molecular complexity index is 396. The van der Waals surface area contributed by atoms with Crippen molar-refractivity contribution in [3.05, 3.63) is 36.1 Å². The van der Waals surface area contributed by atoms with Gasteiger partial charge in [-0.1, -0.05) is 12.7 Å². The minimum Gasteiger partial charge on any atom is -0.465 e. The second-order valence-electron chi connectivity index (χ2n) is 4.64. The van der Waals surface area contributed by atoms with E-state index >= 15 is 0 Å². The standard InChI is InChI=1S/C16H26N2O3/c1-4-14(12-17-13-16(19)21-6-3)11-15(5-2)18-7-9-20-10-8-18/h4-5,11,17H,2,6-10,12-13H2,1,3H3/b14-4+,15-11+. The summed E-state index contributed by atoms with van der Waals surface area (Å²) in [4.78, 5) is 13.5. The fraction of sp³-hybridized carbons (Fsp3) is 0.562. The molecule has 1 aliphatic heterocycles. The Morgan fingerprint density at radius 2 is 2.10 bits per heavy atom. The van der Waals surface area contributed by atoms with Crippen LogP contribution in [0, 0.1) is 0 Å². The van der Waals surface area contributed by atoms with Crippen molar-refractivity contribution in [3.8, 4) is 0 Å². The van der Waals surface area contributed by atoms with Crippen LogP contribution in [0.4, 0.5) is 0 Å². The lowest BCUT2D eigenvalue weighted by atomic mass is 10.2. The van der Waals surface area contributed by atoms with Crippen molar-refractivity contribution in [1.82, 2.24) is 10.2 Å². The molecular weight excluding hydrogens is 268 g/mol. The van der Waals surface area contributed by atoms with Gasteiger partial charge in [0.05, 0.1) is 26.4 Å². The van der Waals surface area contributed by atoms with Gasteiger partial charge in [-0.15, -0.1) is 0 Å². The number of nitrogens with zero attached hydrogens (tertiary/aromatic N) is 1. The summed E-state index contributed by atoms with van der Waals surface area (Å²) in [6.07, 6.45) is 5.98. The summed E-state index contributed by atoms with van der Waals surface area (Å²) in [5.41, 5.74) is 2.20. The zero-order valence-corrected chi connectivity index (χ0v) is 13.1. The van der Waals surface area contributed by atoms with E-state index in [0.29, 0.717) is 13.2 Å². The third kappa shape index (κ3) is 6.60. The molecule has 1 N–H and O–H groups in total. The van der Waals surface area contributed by atoms with Crippen LogP contribution >= 0.6 is 0 Å². The molecule has 0 aromatic carbocycles. The lowest BCUT2D eigenvalue weighted by Crippen LogP contribution is -2.35. The largest absolute Gasteiger partial charge is 0.465 e. The van der Waals surface area contributed by atoms with Gasteiger partial charge in [0, 0.05) is 25.3 Å². The molecule has 1 heterocycles. The Balaban J connectivity index is 2.51. The number of hydrogen-bond acceptors (Lipinski definition) is 5. The monoisotopic (exact) mass is 294 g/mol. The molecule has 1 saturated heterocycles. The van der Waals surface area contributed by atoms with Crippen molar-refractivity contribution in [2.75, 3.05) is 46.0 Å². The second kappa shape index (κ2) is 10.2. The van der Waals surface area contributed by atoms with Crippen LogP contribution in [-0.4, -0.2) is 56.9 Å². The summed E-state index contributed by atoms with van der Waals surface area (Å²) in [5.74, 6) is -0.228. The van der Waals surface area contributed by atoms with Crippen LogP contribution < -0.4 is 5.32 Å². The van der Waals surface area contributed by atoms with Crippen molar-refractivity contribution in [2.45, 2.75) is 13.8 Å². The van der Waals surface area contributed by atoms with Crippen LogP contribution in [0.1, 0.15) is 13.8 Å². The summed E-state index contributed by atoms with van der Waals surface area (Å²) in [6, 6.07) is 0. The van der Waals surface area contributed by atoms with Gasteiger partial charge in [-0.3, -0.25) is 4.79 Å². The molecule has 0 unspecified atom stereocenters. The number of carbonyl (C=O) groups excluding carboxylic acids is 1. The summed E-state index contributed by atoms with van der Waals surface area (Å²) < 4.78 is 10.2. The Morgan fingerprint density at radius 3 is 2.67 bits per heavy atom. The molecule has 0 aromatic heterocycles. The third-order valence-corrected chi connectivity index (χ3v) is 3.19. The second-order valence-corrected chi connectivity index (χ2v) is 4.64. The van der Waals surface area contributed by atoms with E-state index in [1.165, 1.54) is 0 Å². The summed E-state index contributed by atoms with van der Waals surface area (Å²) in [5, 5.41) is 3.09. The molecule has 21 heavy (non-hydrogen) atoms. The molecule has 0 amide bonds. The first-order valence-electron chi connectivity index (χ1n) is 7.39. The quantitative estimate of drug-likeness (QED) is 0.543. The number of morpholine rings is 1. The number of hydrogen-bond donors (Lipinski definition) is 1. The molecule has 1 rings (SSSR count). The zero-order valence-electron chi connectivity index (χ0n) is 13.1. The Kier molecular flexibility index (Phi) is 8.47. The first-order chi connectivity index (χ1) is 10.2. The molecule has 1 fully saturated rings. The third-order valence-electron chi connectivity index (χ3n) is 3.19. The van der Waals surface area contributed by atoms with Crippen LogP contribution in [-0.2, 0) is 14.3 Å². The van der Waals surface area contributed by atoms with Gasteiger partial charge < -0.3 is 19.7 Å². The number of rotatable bonds is 8. The Labute approximate surface area is 127 Å². The predicted molar refractivity (Wildman–Crippen MR) is 83.9 cm³/mol. The van der Waals surface area contributed by atoms with Gasteiger partial charge in [-0.05, 0) is 31.6 Å². The van der Waals surface area contributed by atoms with Gasteiger partial charge >= 0.3 is 5.97 Å². The van der Waals surface area contributed by atoms with Crippen LogP contribution in [0.5, 0.6) is 0 Å². The highest BCUT2D eigenvalue weighted by Gasteiger charge is 2.11. The molecule has 0 spiro atoms. The Morgan fingerprint density at radius 1 is 1.38 bits per heavy atom. The molecular formula is C16H26N2O3. The zero-order chi connectivity index (χ0) is 15.5. The van der Waals surface area contributed by atoms with Crippen molar-refractivity contribution < 1.29 is 14.3 Å². The van der Waals surface area contributed by atoms with E-state index in [-0.39, 0.29) is 12.5 Å². The van der Waals surface area contributed by atoms with Crippen LogP contribution in [0.25, 0.3) is 0 Å². The van der Waals surface area contributed by atoms with Gasteiger partial charge in [-0.2, -0.15) is 0 Å². The lowest BCUT2D eigenvalue weighted by molar-refractivity contribution is -0.141. The fourth-order valence-electron chi connectivity index (χ4n) is 2.05. The predicted octanol–water partition coefficient (Wildman–Crippen LogP) is 1.49. The first-order valence-corrected chi connectivity index (χ1v) is 7.39. The highest BCUT2D eigenvalue weighted by Crippen LogP contribution is 2.11. The highest BCUT2D eigenvalue weighted by atomic mass is 16.5. The smallest absolute Gasteiger partial charge is 0.319 e. The summed E-state index contributed by atoms with van der Waals surface area (Å²) in [7, 11) is 0. The number of ether oxygens (including phenoxy) is 2. The van der Waals surface area contributed by atoms with Crippen LogP contribution in [0.2, 0.25) is 0 Å². The van der Waals surface area contributed by atoms with Crippen molar-refractivity contribution >= 4 is 5.97 Å². The molecule has 5 heteroatoms. The van der Waals surface area contributed by atoms with E-state index in [2.05, 4.69) is 22.9 Å².